The van der Waals surface area contributed by atoms with Gasteiger partial charge in [0.05, 0.1) is 29.6 Å². The average Bonchev–Trinajstić information content (AvgIpc) is 2.89. The van der Waals surface area contributed by atoms with Gasteiger partial charge in [-0.3, -0.25) is 0 Å². The first kappa shape index (κ1) is 13.0. The molecule has 4 nitrogen and oxygen atoms in total. The van der Waals surface area contributed by atoms with Crippen LogP contribution in [0.25, 0.3) is 5.65 Å². The molecule has 0 fully saturated rings. The standard InChI is InChI=1S/C15H14ClN3O/c16-13-5-4-11(10-20)7-14(13)17-8-12-9-19-6-2-1-3-15(19)18-12/h1-7,9,17,20H,8,10H2. The predicted molar refractivity (Wildman–Crippen MR) is 79.9 cm³/mol. The van der Waals surface area contributed by atoms with Crippen LogP contribution in [-0.4, -0.2) is 14.5 Å². The number of hydrogen-bond donors (Lipinski definition) is 2. The van der Waals surface area contributed by atoms with E-state index in [-0.39, 0.29) is 6.61 Å². The Balaban J connectivity index is 1.79. The molecule has 2 N–H and O–H groups in total. The first-order valence-electron chi connectivity index (χ1n) is 6.32. The molecule has 0 aliphatic heterocycles. The second-order valence-corrected chi connectivity index (χ2v) is 4.93. The number of nitrogens with one attached hydrogen (secondary N) is 1. The number of aliphatic hydroxyl groups is 1. The average molecular weight is 288 g/mol. The van der Waals surface area contributed by atoms with Crippen molar-refractivity contribution in [1.29, 1.82) is 0 Å². The van der Waals surface area contributed by atoms with Gasteiger partial charge in [-0.25, -0.2) is 4.98 Å². The number of aliphatic hydroxyl groups excluding tert-OH is 1. The molecule has 102 valence electrons. The van der Waals surface area contributed by atoms with Crippen LogP contribution in [0.3, 0.4) is 0 Å². The van der Waals surface area contributed by atoms with E-state index in [4.69, 9.17) is 16.7 Å². The molecule has 0 atom stereocenters. The molecule has 0 saturated heterocycles. The van der Waals surface area contributed by atoms with Crippen LogP contribution in [0.2, 0.25) is 5.02 Å². The molecule has 1 aromatic carbocycles. The van der Waals surface area contributed by atoms with Gasteiger partial charge in [0.15, 0.2) is 0 Å². The van der Waals surface area contributed by atoms with Crippen LogP contribution in [0, 0.1) is 0 Å². The van der Waals surface area contributed by atoms with Crippen LogP contribution in [0.5, 0.6) is 0 Å². The van der Waals surface area contributed by atoms with Crippen LogP contribution in [-0.2, 0) is 13.2 Å². The lowest BCUT2D eigenvalue weighted by Crippen LogP contribution is -2.01. The Morgan fingerprint density at radius 3 is 2.95 bits per heavy atom. The van der Waals surface area contributed by atoms with Crippen molar-refractivity contribution in [2.45, 2.75) is 13.2 Å². The highest BCUT2D eigenvalue weighted by atomic mass is 35.5. The van der Waals surface area contributed by atoms with Crippen LogP contribution in [0.4, 0.5) is 5.69 Å². The van der Waals surface area contributed by atoms with Crippen molar-refractivity contribution in [3.63, 3.8) is 0 Å². The summed E-state index contributed by atoms with van der Waals surface area (Å²) >= 11 is 6.13. The number of halogens is 1. The molecule has 20 heavy (non-hydrogen) atoms. The minimum absolute atomic E-state index is 0.000212. The molecule has 0 spiro atoms. The fourth-order valence-corrected chi connectivity index (χ4v) is 2.25. The molecular weight excluding hydrogens is 274 g/mol. The van der Waals surface area contributed by atoms with Crippen molar-refractivity contribution < 1.29 is 5.11 Å². The Morgan fingerprint density at radius 2 is 2.15 bits per heavy atom. The smallest absolute Gasteiger partial charge is 0.137 e. The first-order chi connectivity index (χ1) is 9.76. The maximum atomic E-state index is 9.15. The number of fused-ring (bicyclic) bond motifs is 1. The number of nitrogens with zero attached hydrogens (tertiary/aromatic N) is 2. The van der Waals surface area contributed by atoms with E-state index in [9.17, 15) is 0 Å². The van der Waals surface area contributed by atoms with E-state index < -0.39 is 0 Å². The van der Waals surface area contributed by atoms with E-state index in [1.54, 1.807) is 12.1 Å². The highest BCUT2D eigenvalue weighted by molar-refractivity contribution is 6.33. The first-order valence-corrected chi connectivity index (χ1v) is 6.70. The summed E-state index contributed by atoms with van der Waals surface area (Å²) < 4.78 is 1.97. The van der Waals surface area contributed by atoms with Gasteiger partial charge in [0.2, 0.25) is 0 Å². The summed E-state index contributed by atoms with van der Waals surface area (Å²) in [6.45, 7) is 0.580. The predicted octanol–water partition coefficient (Wildman–Crippen LogP) is 3.09. The third kappa shape index (κ3) is 2.61. The molecule has 0 unspecified atom stereocenters. The summed E-state index contributed by atoms with van der Waals surface area (Å²) in [6.07, 6.45) is 3.94. The van der Waals surface area contributed by atoms with Gasteiger partial charge in [0.1, 0.15) is 5.65 Å². The maximum Gasteiger partial charge on any atom is 0.137 e. The summed E-state index contributed by atoms with van der Waals surface area (Å²) in [6, 6.07) is 11.3. The lowest BCUT2D eigenvalue weighted by Gasteiger charge is -2.08. The van der Waals surface area contributed by atoms with Crippen LogP contribution < -0.4 is 5.32 Å². The molecule has 2 aromatic heterocycles. The van der Waals surface area contributed by atoms with Crippen molar-refractivity contribution in [2.75, 3.05) is 5.32 Å². The molecule has 0 radical (unpaired) electrons. The lowest BCUT2D eigenvalue weighted by molar-refractivity contribution is 0.282. The maximum absolute atomic E-state index is 9.15. The monoisotopic (exact) mass is 287 g/mol. The molecule has 2 heterocycles. The zero-order chi connectivity index (χ0) is 13.9. The largest absolute Gasteiger partial charge is 0.392 e. The number of benzene rings is 1. The van der Waals surface area contributed by atoms with Gasteiger partial charge in [-0.2, -0.15) is 0 Å². The zero-order valence-corrected chi connectivity index (χ0v) is 11.5. The van der Waals surface area contributed by atoms with Crippen molar-refractivity contribution in [3.8, 4) is 0 Å². The van der Waals surface area contributed by atoms with E-state index in [1.165, 1.54) is 0 Å². The Bertz CT molecular complexity index is 706. The van der Waals surface area contributed by atoms with Gasteiger partial charge < -0.3 is 14.8 Å². The molecule has 0 amide bonds. The highest BCUT2D eigenvalue weighted by Crippen LogP contribution is 2.23. The molecule has 0 saturated carbocycles. The van der Waals surface area contributed by atoms with Crippen LogP contribution in [0.15, 0.2) is 48.8 Å². The van der Waals surface area contributed by atoms with Crippen LogP contribution >= 0.6 is 11.6 Å². The number of rotatable bonds is 4. The van der Waals surface area contributed by atoms with Gasteiger partial charge in [0, 0.05) is 12.4 Å². The number of hydrogen-bond acceptors (Lipinski definition) is 3. The lowest BCUT2D eigenvalue weighted by atomic mass is 10.2. The molecule has 0 bridgehead atoms. The number of imidazole rings is 1. The van der Waals surface area contributed by atoms with E-state index in [0.29, 0.717) is 11.6 Å². The Labute approximate surface area is 121 Å². The molecule has 0 aliphatic carbocycles. The fourth-order valence-electron chi connectivity index (χ4n) is 2.06. The van der Waals surface area contributed by atoms with Crippen molar-refractivity contribution in [1.82, 2.24) is 9.38 Å². The molecular formula is C15H14ClN3O. The van der Waals surface area contributed by atoms with Crippen molar-refractivity contribution >= 4 is 22.9 Å². The van der Waals surface area contributed by atoms with Gasteiger partial charge in [-0.15, -0.1) is 0 Å². The topological polar surface area (TPSA) is 49.6 Å². The number of anilines is 1. The molecule has 5 heteroatoms. The number of aromatic nitrogens is 2. The van der Waals surface area contributed by atoms with Gasteiger partial charge in [-0.1, -0.05) is 23.7 Å². The normalized spacial score (nSPS) is 10.9. The highest BCUT2D eigenvalue weighted by Gasteiger charge is 2.04. The number of pyridine rings is 1. The third-order valence-electron chi connectivity index (χ3n) is 3.09. The SMILES string of the molecule is OCc1ccc(Cl)c(NCc2cn3ccccc3n2)c1. The second kappa shape index (κ2) is 5.53. The Kier molecular flexibility index (Phi) is 3.58. The second-order valence-electron chi connectivity index (χ2n) is 4.52. The minimum atomic E-state index is 0.000212. The van der Waals surface area contributed by atoms with E-state index in [2.05, 4.69) is 10.3 Å². The minimum Gasteiger partial charge on any atom is -0.392 e. The van der Waals surface area contributed by atoms with E-state index in [1.807, 2.05) is 41.1 Å². The summed E-state index contributed by atoms with van der Waals surface area (Å²) in [4.78, 5) is 4.51. The summed E-state index contributed by atoms with van der Waals surface area (Å²) in [7, 11) is 0. The zero-order valence-electron chi connectivity index (χ0n) is 10.8. The quantitative estimate of drug-likeness (QED) is 0.775. The summed E-state index contributed by atoms with van der Waals surface area (Å²) in [5.41, 5.74) is 3.48. The van der Waals surface area contributed by atoms with E-state index in [0.717, 1.165) is 22.6 Å². The van der Waals surface area contributed by atoms with Gasteiger partial charge in [-0.05, 0) is 29.8 Å². The molecule has 0 aliphatic rings. The van der Waals surface area contributed by atoms with Gasteiger partial charge in [0.25, 0.3) is 0 Å². The van der Waals surface area contributed by atoms with E-state index >= 15 is 0 Å². The van der Waals surface area contributed by atoms with Crippen LogP contribution in [0.1, 0.15) is 11.3 Å². The fraction of sp³-hybridized carbons (Fsp3) is 0.133. The van der Waals surface area contributed by atoms with Crippen molar-refractivity contribution in [3.05, 3.63) is 65.1 Å². The summed E-state index contributed by atoms with van der Waals surface area (Å²) in [5.74, 6) is 0. The van der Waals surface area contributed by atoms with Gasteiger partial charge >= 0.3 is 0 Å². The molecule has 3 rings (SSSR count). The molecule has 3 aromatic rings. The van der Waals surface area contributed by atoms with Crippen molar-refractivity contribution in [2.24, 2.45) is 0 Å². The Morgan fingerprint density at radius 1 is 1.25 bits per heavy atom. The Hall–Kier alpha value is -2.04. The summed E-state index contributed by atoms with van der Waals surface area (Å²) in [5, 5.41) is 13.0. The third-order valence-corrected chi connectivity index (χ3v) is 3.42.